The summed E-state index contributed by atoms with van der Waals surface area (Å²) in [4.78, 5) is 36.9. The Balaban J connectivity index is 1.44. The SMILES string of the molecule is O=C1C/C(=C\c2cnn3c(NC4CC4)nc(NCCc4ccccn4)nc23)C(=O)N1. The van der Waals surface area contributed by atoms with E-state index in [-0.39, 0.29) is 18.2 Å². The Bertz CT molecular complexity index is 1150. The summed E-state index contributed by atoms with van der Waals surface area (Å²) in [6.45, 7) is 0.623. The molecule has 2 amide bonds. The minimum atomic E-state index is -0.376. The molecule has 1 saturated heterocycles. The largest absolute Gasteiger partial charge is 0.354 e. The maximum absolute atomic E-state index is 11.9. The van der Waals surface area contributed by atoms with Gasteiger partial charge in [-0.25, -0.2) is 0 Å². The number of nitrogens with one attached hydrogen (secondary N) is 3. The lowest BCUT2D eigenvalue weighted by Crippen LogP contribution is -2.19. The highest BCUT2D eigenvalue weighted by molar-refractivity contribution is 6.15. The Kier molecular flexibility index (Phi) is 4.58. The molecule has 0 bridgehead atoms. The molecule has 0 aromatic carbocycles. The molecular weight excluding hydrogens is 384 g/mol. The third-order valence-corrected chi connectivity index (χ3v) is 4.92. The predicted molar refractivity (Wildman–Crippen MR) is 110 cm³/mol. The third kappa shape index (κ3) is 3.84. The van der Waals surface area contributed by atoms with Gasteiger partial charge in [0, 0.05) is 42.0 Å². The lowest BCUT2D eigenvalue weighted by atomic mass is 10.1. The number of hydrogen-bond acceptors (Lipinski definition) is 8. The van der Waals surface area contributed by atoms with E-state index in [1.165, 1.54) is 0 Å². The van der Waals surface area contributed by atoms with E-state index in [4.69, 9.17) is 0 Å². The first-order valence-corrected chi connectivity index (χ1v) is 9.86. The Morgan fingerprint density at radius 2 is 2.13 bits per heavy atom. The number of aromatic nitrogens is 5. The number of amides is 2. The zero-order valence-electron chi connectivity index (χ0n) is 16.1. The summed E-state index contributed by atoms with van der Waals surface area (Å²) in [5, 5.41) is 13.3. The van der Waals surface area contributed by atoms with Crippen molar-refractivity contribution in [3.63, 3.8) is 0 Å². The molecule has 5 rings (SSSR count). The molecular formula is C20H20N8O2. The van der Waals surface area contributed by atoms with E-state index < -0.39 is 0 Å². The van der Waals surface area contributed by atoms with E-state index in [9.17, 15) is 9.59 Å². The van der Waals surface area contributed by atoms with Crippen molar-refractivity contribution in [2.45, 2.75) is 31.7 Å². The van der Waals surface area contributed by atoms with Gasteiger partial charge in [0.1, 0.15) is 0 Å². The molecule has 0 radical (unpaired) electrons. The number of rotatable bonds is 7. The lowest BCUT2D eigenvalue weighted by molar-refractivity contribution is -0.124. The number of imide groups is 1. The van der Waals surface area contributed by atoms with Gasteiger partial charge >= 0.3 is 0 Å². The van der Waals surface area contributed by atoms with E-state index in [1.54, 1.807) is 23.0 Å². The second kappa shape index (κ2) is 7.54. The summed E-state index contributed by atoms with van der Waals surface area (Å²) >= 11 is 0. The van der Waals surface area contributed by atoms with Crippen LogP contribution in [-0.2, 0) is 16.0 Å². The van der Waals surface area contributed by atoms with Crippen LogP contribution in [0.3, 0.4) is 0 Å². The average Bonchev–Trinajstić information content (AvgIpc) is 3.37. The number of carbonyl (C=O) groups is 2. The zero-order chi connectivity index (χ0) is 20.5. The Morgan fingerprint density at radius 3 is 2.87 bits per heavy atom. The molecule has 4 heterocycles. The van der Waals surface area contributed by atoms with Crippen molar-refractivity contribution in [1.29, 1.82) is 0 Å². The van der Waals surface area contributed by atoms with Gasteiger partial charge in [0.05, 0.1) is 12.6 Å². The molecule has 1 aliphatic carbocycles. The van der Waals surface area contributed by atoms with Gasteiger partial charge in [0.25, 0.3) is 5.91 Å². The quantitative estimate of drug-likeness (QED) is 0.396. The molecule has 0 spiro atoms. The number of carbonyl (C=O) groups excluding carboxylic acids is 2. The highest BCUT2D eigenvalue weighted by Crippen LogP contribution is 2.26. The molecule has 3 N–H and O–H groups in total. The molecule has 10 heteroatoms. The number of nitrogens with zero attached hydrogens (tertiary/aromatic N) is 5. The summed E-state index contributed by atoms with van der Waals surface area (Å²) in [6.07, 6.45) is 8.04. The highest BCUT2D eigenvalue weighted by Gasteiger charge is 2.26. The topological polar surface area (TPSA) is 126 Å². The van der Waals surface area contributed by atoms with Gasteiger partial charge in [-0.3, -0.25) is 19.9 Å². The van der Waals surface area contributed by atoms with Gasteiger partial charge in [-0.2, -0.15) is 19.6 Å². The van der Waals surface area contributed by atoms with Crippen LogP contribution in [0.5, 0.6) is 0 Å². The van der Waals surface area contributed by atoms with Crippen LogP contribution in [0, 0.1) is 0 Å². The fourth-order valence-electron chi connectivity index (χ4n) is 3.24. The second-order valence-electron chi connectivity index (χ2n) is 7.35. The smallest absolute Gasteiger partial charge is 0.254 e. The fraction of sp³-hybridized carbons (Fsp3) is 0.300. The number of pyridine rings is 1. The monoisotopic (exact) mass is 404 g/mol. The van der Waals surface area contributed by atoms with Crippen LogP contribution in [0.25, 0.3) is 11.7 Å². The number of anilines is 2. The molecule has 0 unspecified atom stereocenters. The maximum atomic E-state index is 11.9. The summed E-state index contributed by atoms with van der Waals surface area (Å²) in [7, 11) is 0. The van der Waals surface area contributed by atoms with Crippen molar-refractivity contribution in [3.8, 4) is 0 Å². The number of fused-ring (bicyclic) bond motifs is 1. The maximum Gasteiger partial charge on any atom is 0.254 e. The van der Waals surface area contributed by atoms with Crippen LogP contribution >= 0.6 is 0 Å². The van der Waals surface area contributed by atoms with Gasteiger partial charge in [0.2, 0.25) is 17.8 Å². The Labute approximate surface area is 171 Å². The minimum Gasteiger partial charge on any atom is -0.354 e. The van der Waals surface area contributed by atoms with E-state index in [2.05, 4.69) is 36.0 Å². The molecule has 1 saturated carbocycles. The standard InChI is InChI=1S/C20H20N8O2/c29-16-10-12(18(30)25-16)9-13-11-23-28-17(13)26-19(27-20(28)24-15-4-5-15)22-8-6-14-3-1-2-7-21-14/h1-3,7,9,11,15H,4-6,8,10H2,(H,25,29,30)(H2,22,24,26,27)/b12-9+. The summed E-state index contributed by atoms with van der Waals surface area (Å²) in [6, 6.07) is 6.20. The van der Waals surface area contributed by atoms with Crippen LogP contribution in [0.2, 0.25) is 0 Å². The molecule has 152 valence electrons. The van der Waals surface area contributed by atoms with Gasteiger partial charge in [-0.15, -0.1) is 0 Å². The molecule has 10 nitrogen and oxygen atoms in total. The molecule has 3 aromatic heterocycles. The van der Waals surface area contributed by atoms with Crippen LogP contribution in [-0.4, -0.2) is 49.0 Å². The number of hydrogen-bond donors (Lipinski definition) is 3. The van der Waals surface area contributed by atoms with E-state index in [0.717, 1.165) is 25.0 Å². The molecule has 3 aromatic rings. The van der Waals surface area contributed by atoms with Crippen LogP contribution in [0.1, 0.15) is 30.5 Å². The van der Waals surface area contributed by atoms with Gasteiger partial charge in [-0.1, -0.05) is 6.07 Å². The highest BCUT2D eigenvalue weighted by atomic mass is 16.2. The van der Waals surface area contributed by atoms with Crippen LogP contribution < -0.4 is 16.0 Å². The van der Waals surface area contributed by atoms with E-state index >= 15 is 0 Å². The van der Waals surface area contributed by atoms with Crippen molar-refractivity contribution in [2.24, 2.45) is 0 Å². The Morgan fingerprint density at radius 1 is 1.23 bits per heavy atom. The first-order chi connectivity index (χ1) is 14.7. The van der Waals surface area contributed by atoms with Gasteiger partial charge in [0.15, 0.2) is 5.65 Å². The normalized spacial score (nSPS) is 17.5. The summed E-state index contributed by atoms with van der Waals surface area (Å²) in [5.41, 5.74) is 2.60. The molecule has 2 fully saturated rings. The molecule has 1 aliphatic heterocycles. The van der Waals surface area contributed by atoms with Gasteiger partial charge in [-0.05, 0) is 31.1 Å². The fourth-order valence-corrected chi connectivity index (χ4v) is 3.24. The van der Waals surface area contributed by atoms with Crippen LogP contribution in [0.4, 0.5) is 11.9 Å². The first kappa shape index (κ1) is 18.2. The predicted octanol–water partition coefficient (Wildman–Crippen LogP) is 1.18. The van der Waals surface area contributed by atoms with Crippen LogP contribution in [0.15, 0.2) is 36.2 Å². The van der Waals surface area contributed by atoms with E-state index in [0.29, 0.717) is 41.3 Å². The summed E-state index contributed by atoms with van der Waals surface area (Å²) in [5.74, 6) is 0.386. The molecule has 0 atom stereocenters. The van der Waals surface area contributed by atoms with Crippen molar-refractivity contribution < 1.29 is 9.59 Å². The molecule has 30 heavy (non-hydrogen) atoms. The average molecular weight is 404 g/mol. The third-order valence-electron chi connectivity index (χ3n) is 4.92. The minimum absolute atomic E-state index is 0.0591. The molecule has 2 aliphatic rings. The Hall–Kier alpha value is -3.82. The first-order valence-electron chi connectivity index (χ1n) is 9.86. The van der Waals surface area contributed by atoms with Crippen molar-refractivity contribution in [3.05, 3.63) is 47.4 Å². The van der Waals surface area contributed by atoms with Gasteiger partial charge < -0.3 is 10.6 Å². The second-order valence-corrected chi connectivity index (χ2v) is 7.35. The zero-order valence-corrected chi connectivity index (χ0v) is 16.1. The van der Waals surface area contributed by atoms with Crippen molar-refractivity contribution >= 4 is 35.4 Å². The van der Waals surface area contributed by atoms with Crippen molar-refractivity contribution in [2.75, 3.05) is 17.2 Å². The van der Waals surface area contributed by atoms with Crippen molar-refractivity contribution in [1.82, 2.24) is 29.9 Å². The lowest BCUT2D eigenvalue weighted by Gasteiger charge is -2.10. The van der Waals surface area contributed by atoms with E-state index in [1.807, 2.05) is 18.2 Å². The summed E-state index contributed by atoms with van der Waals surface area (Å²) < 4.78 is 1.63.